The second kappa shape index (κ2) is 5.03. The van der Waals surface area contributed by atoms with Crippen LogP contribution < -0.4 is 5.32 Å². The van der Waals surface area contributed by atoms with E-state index >= 15 is 0 Å². The summed E-state index contributed by atoms with van der Waals surface area (Å²) in [5.41, 5.74) is 1.82. The molecule has 0 spiro atoms. The van der Waals surface area contributed by atoms with Crippen LogP contribution in [0.25, 0.3) is 0 Å². The molecule has 20 heavy (non-hydrogen) atoms. The SMILES string of the molecule is C/C=C(/C)C1=C(C)C(=N)N(C2CCC(=O)NC2=O)C1=O. The quantitative estimate of drug-likeness (QED) is 0.733. The van der Waals surface area contributed by atoms with E-state index in [2.05, 4.69) is 5.32 Å². The lowest BCUT2D eigenvalue weighted by atomic mass is 10.0. The molecule has 0 saturated carbocycles. The van der Waals surface area contributed by atoms with E-state index in [1.54, 1.807) is 19.9 Å². The number of nitrogens with zero attached hydrogens (tertiary/aromatic N) is 1. The molecule has 2 rings (SSSR count). The first-order valence-electron chi connectivity index (χ1n) is 6.48. The lowest BCUT2D eigenvalue weighted by Crippen LogP contribution is -2.54. The molecule has 0 bridgehead atoms. The molecule has 6 heteroatoms. The molecule has 1 atom stereocenters. The van der Waals surface area contributed by atoms with Crippen LogP contribution in [0.5, 0.6) is 0 Å². The van der Waals surface area contributed by atoms with Crippen LogP contribution in [0.2, 0.25) is 0 Å². The molecule has 106 valence electrons. The molecule has 1 saturated heterocycles. The molecule has 1 fully saturated rings. The van der Waals surface area contributed by atoms with Crippen LogP contribution in [0.3, 0.4) is 0 Å². The Morgan fingerprint density at radius 1 is 1.40 bits per heavy atom. The summed E-state index contributed by atoms with van der Waals surface area (Å²) in [6, 6.07) is -0.773. The highest BCUT2D eigenvalue weighted by molar-refractivity contribution is 6.24. The van der Waals surface area contributed by atoms with Gasteiger partial charge in [-0.15, -0.1) is 0 Å². The highest BCUT2D eigenvalue weighted by Crippen LogP contribution is 2.29. The molecule has 6 nitrogen and oxygen atoms in total. The van der Waals surface area contributed by atoms with Crippen LogP contribution >= 0.6 is 0 Å². The van der Waals surface area contributed by atoms with Gasteiger partial charge in [-0.1, -0.05) is 6.08 Å². The van der Waals surface area contributed by atoms with E-state index in [4.69, 9.17) is 5.41 Å². The summed E-state index contributed by atoms with van der Waals surface area (Å²) in [4.78, 5) is 36.7. The number of piperidine rings is 1. The smallest absolute Gasteiger partial charge is 0.260 e. The van der Waals surface area contributed by atoms with Crippen molar-refractivity contribution in [1.29, 1.82) is 5.41 Å². The van der Waals surface area contributed by atoms with Gasteiger partial charge in [0, 0.05) is 17.6 Å². The maximum atomic E-state index is 12.5. The van der Waals surface area contributed by atoms with E-state index in [-0.39, 0.29) is 30.5 Å². The maximum Gasteiger partial charge on any atom is 0.260 e. The predicted molar refractivity (Wildman–Crippen MR) is 72.9 cm³/mol. The zero-order valence-corrected chi connectivity index (χ0v) is 11.7. The molecule has 0 aromatic heterocycles. The fourth-order valence-corrected chi connectivity index (χ4v) is 2.52. The first kappa shape index (κ1) is 14.2. The molecule has 0 aromatic carbocycles. The Morgan fingerprint density at radius 3 is 2.60 bits per heavy atom. The first-order chi connectivity index (χ1) is 9.38. The van der Waals surface area contributed by atoms with Gasteiger partial charge in [0.25, 0.3) is 5.91 Å². The highest BCUT2D eigenvalue weighted by Gasteiger charge is 2.42. The number of nitrogens with one attached hydrogen (secondary N) is 2. The van der Waals surface area contributed by atoms with Crippen LogP contribution in [0.1, 0.15) is 33.6 Å². The average molecular weight is 275 g/mol. The van der Waals surface area contributed by atoms with Gasteiger partial charge in [-0.2, -0.15) is 0 Å². The number of amides is 3. The Kier molecular flexibility index (Phi) is 3.57. The zero-order valence-electron chi connectivity index (χ0n) is 11.7. The number of carbonyl (C=O) groups is 3. The number of amidine groups is 1. The van der Waals surface area contributed by atoms with Gasteiger partial charge in [0.1, 0.15) is 11.9 Å². The van der Waals surface area contributed by atoms with Gasteiger partial charge in [0.05, 0.1) is 0 Å². The molecule has 0 aromatic rings. The summed E-state index contributed by atoms with van der Waals surface area (Å²) in [7, 11) is 0. The van der Waals surface area contributed by atoms with Gasteiger partial charge in [0.2, 0.25) is 11.8 Å². The fraction of sp³-hybridized carbons (Fsp3) is 0.429. The third-order valence-corrected chi connectivity index (χ3v) is 3.75. The number of rotatable bonds is 2. The number of carbonyl (C=O) groups excluding carboxylic acids is 3. The molecule has 2 heterocycles. The minimum absolute atomic E-state index is 0.0423. The standard InChI is InChI=1S/C14H17N3O3/c1-4-7(2)11-8(3)12(15)17(14(11)20)9-5-6-10(18)16-13(9)19/h4,9,15H,5-6H2,1-3H3,(H,16,18,19)/b7-4-,15-12?. The highest BCUT2D eigenvalue weighted by atomic mass is 16.2. The normalized spacial score (nSPS) is 24.6. The van der Waals surface area contributed by atoms with E-state index < -0.39 is 11.9 Å². The summed E-state index contributed by atoms with van der Waals surface area (Å²) in [6.07, 6.45) is 2.25. The third kappa shape index (κ3) is 2.07. The minimum atomic E-state index is -0.773. The van der Waals surface area contributed by atoms with Gasteiger partial charge in [-0.25, -0.2) is 0 Å². The summed E-state index contributed by atoms with van der Waals surface area (Å²) in [5.74, 6) is -1.14. The van der Waals surface area contributed by atoms with Crippen molar-refractivity contribution in [3.05, 3.63) is 22.8 Å². The molecular formula is C14H17N3O3. The third-order valence-electron chi connectivity index (χ3n) is 3.75. The van der Waals surface area contributed by atoms with Crippen molar-refractivity contribution in [1.82, 2.24) is 10.2 Å². The van der Waals surface area contributed by atoms with Crippen LogP contribution in [0, 0.1) is 5.41 Å². The largest absolute Gasteiger partial charge is 0.295 e. The van der Waals surface area contributed by atoms with Crippen molar-refractivity contribution in [2.24, 2.45) is 0 Å². The minimum Gasteiger partial charge on any atom is -0.295 e. The lowest BCUT2D eigenvalue weighted by Gasteiger charge is -2.29. The summed E-state index contributed by atoms with van der Waals surface area (Å²) in [5, 5.41) is 10.3. The Bertz CT molecular complexity index is 586. The van der Waals surface area contributed by atoms with Gasteiger partial charge < -0.3 is 0 Å². The monoisotopic (exact) mass is 275 g/mol. The first-order valence-corrected chi connectivity index (χ1v) is 6.48. The molecular weight excluding hydrogens is 258 g/mol. The maximum absolute atomic E-state index is 12.5. The van der Waals surface area contributed by atoms with Crippen molar-refractivity contribution >= 4 is 23.6 Å². The van der Waals surface area contributed by atoms with E-state index in [9.17, 15) is 14.4 Å². The van der Waals surface area contributed by atoms with Crippen molar-refractivity contribution in [2.75, 3.05) is 0 Å². The van der Waals surface area contributed by atoms with Crippen LogP contribution in [-0.2, 0) is 14.4 Å². The number of hydrogen-bond donors (Lipinski definition) is 2. The molecule has 0 radical (unpaired) electrons. The Hall–Kier alpha value is -2.24. The van der Waals surface area contributed by atoms with Crippen LogP contribution in [0.4, 0.5) is 0 Å². The number of imide groups is 1. The van der Waals surface area contributed by atoms with Gasteiger partial charge in [0.15, 0.2) is 0 Å². The number of allylic oxidation sites excluding steroid dienone is 1. The van der Waals surface area contributed by atoms with E-state index in [1.165, 1.54) is 4.90 Å². The molecule has 3 amide bonds. The number of hydrogen-bond acceptors (Lipinski definition) is 4. The zero-order chi connectivity index (χ0) is 15.0. The summed E-state index contributed by atoms with van der Waals surface area (Å²) in [6.45, 7) is 5.33. The van der Waals surface area contributed by atoms with Crippen molar-refractivity contribution < 1.29 is 14.4 Å². The van der Waals surface area contributed by atoms with Gasteiger partial charge >= 0.3 is 0 Å². The van der Waals surface area contributed by atoms with Crippen molar-refractivity contribution in [3.8, 4) is 0 Å². The fourth-order valence-electron chi connectivity index (χ4n) is 2.52. The Balaban J connectivity index is 2.33. The second-order valence-electron chi connectivity index (χ2n) is 4.96. The molecule has 2 aliphatic rings. The summed E-state index contributed by atoms with van der Waals surface area (Å²) < 4.78 is 0. The Morgan fingerprint density at radius 2 is 2.05 bits per heavy atom. The van der Waals surface area contributed by atoms with E-state index in [0.29, 0.717) is 11.1 Å². The van der Waals surface area contributed by atoms with Crippen LogP contribution in [0.15, 0.2) is 22.8 Å². The topological polar surface area (TPSA) is 90.3 Å². The molecule has 0 aliphatic carbocycles. The van der Waals surface area contributed by atoms with Gasteiger partial charge in [-0.3, -0.25) is 30.0 Å². The molecule has 2 aliphatic heterocycles. The van der Waals surface area contributed by atoms with E-state index in [1.807, 2.05) is 6.92 Å². The Labute approximate surface area is 117 Å². The average Bonchev–Trinajstić information content (AvgIpc) is 2.61. The molecule has 1 unspecified atom stereocenters. The lowest BCUT2D eigenvalue weighted by molar-refractivity contribution is -0.140. The van der Waals surface area contributed by atoms with E-state index in [0.717, 1.165) is 5.57 Å². The predicted octanol–water partition coefficient (Wildman–Crippen LogP) is 0.894. The van der Waals surface area contributed by atoms with Gasteiger partial charge in [-0.05, 0) is 32.8 Å². The summed E-state index contributed by atoms with van der Waals surface area (Å²) >= 11 is 0. The molecule has 2 N–H and O–H groups in total. The van der Waals surface area contributed by atoms with Crippen molar-refractivity contribution in [2.45, 2.75) is 39.7 Å². The van der Waals surface area contributed by atoms with Crippen molar-refractivity contribution in [3.63, 3.8) is 0 Å². The van der Waals surface area contributed by atoms with Crippen LogP contribution in [-0.4, -0.2) is 34.5 Å². The second-order valence-corrected chi connectivity index (χ2v) is 4.96.